The lowest BCUT2D eigenvalue weighted by Crippen LogP contribution is -2.08. The molecule has 12 heavy (non-hydrogen) atoms. The van der Waals surface area contributed by atoms with Crippen LogP contribution in [0.1, 0.15) is 12.8 Å². The highest BCUT2D eigenvalue weighted by Crippen LogP contribution is 2.42. The first-order valence-electron chi connectivity index (χ1n) is 4.06. The number of thioether (sulfide) groups is 1. The van der Waals surface area contributed by atoms with Crippen LogP contribution in [0.25, 0.3) is 0 Å². The number of carbonyl (C=O) groups is 1. The number of carboxylic acids is 1. The molecule has 0 saturated carbocycles. The molecule has 2 rings (SSSR count). The van der Waals surface area contributed by atoms with Crippen molar-refractivity contribution in [3.63, 3.8) is 0 Å². The van der Waals surface area contributed by atoms with Gasteiger partial charge in [-0.05, 0) is 24.5 Å². The van der Waals surface area contributed by atoms with Gasteiger partial charge in [-0.2, -0.15) is 0 Å². The highest BCUT2D eigenvalue weighted by Gasteiger charge is 2.27. The van der Waals surface area contributed by atoms with Crippen LogP contribution < -0.4 is 0 Å². The first-order chi connectivity index (χ1) is 5.79. The average Bonchev–Trinajstić information content (AvgIpc) is 2.49. The Morgan fingerprint density at radius 1 is 1.67 bits per heavy atom. The zero-order valence-corrected chi connectivity index (χ0v) is 7.43. The Hall–Kier alpha value is -0.700. The lowest BCUT2D eigenvalue weighted by Gasteiger charge is -2.14. The molecule has 3 heteroatoms. The van der Waals surface area contributed by atoms with Crippen LogP contribution in [0.3, 0.4) is 0 Å². The van der Waals surface area contributed by atoms with E-state index in [2.05, 4.69) is 0 Å². The van der Waals surface area contributed by atoms with Crippen molar-refractivity contribution in [2.24, 2.45) is 5.92 Å². The first-order valence-corrected chi connectivity index (χ1v) is 5.04. The Bertz CT molecular complexity index is 278. The predicted molar refractivity (Wildman–Crippen MR) is 49.0 cm³/mol. The molecule has 0 radical (unpaired) electrons. The quantitative estimate of drug-likeness (QED) is 0.674. The average molecular weight is 182 g/mol. The number of carboxylic acid groups (broad SMARTS) is 1. The SMILES string of the molecule is O=C(O)C1=C2SCCC2CC=C1. The second kappa shape index (κ2) is 2.98. The first kappa shape index (κ1) is 7.92. The van der Waals surface area contributed by atoms with Gasteiger partial charge in [0.1, 0.15) is 0 Å². The summed E-state index contributed by atoms with van der Waals surface area (Å²) in [4.78, 5) is 11.9. The number of allylic oxidation sites excluding steroid dienone is 2. The van der Waals surface area contributed by atoms with Crippen LogP contribution in [0.5, 0.6) is 0 Å². The molecule has 0 aromatic rings. The normalized spacial score (nSPS) is 27.5. The maximum atomic E-state index is 10.8. The van der Waals surface area contributed by atoms with Crippen molar-refractivity contribution in [1.82, 2.24) is 0 Å². The lowest BCUT2D eigenvalue weighted by molar-refractivity contribution is -0.132. The van der Waals surface area contributed by atoms with Gasteiger partial charge in [0.2, 0.25) is 0 Å². The summed E-state index contributed by atoms with van der Waals surface area (Å²) < 4.78 is 0. The van der Waals surface area contributed by atoms with Crippen LogP contribution in [-0.4, -0.2) is 16.8 Å². The van der Waals surface area contributed by atoms with Gasteiger partial charge in [0.25, 0.3) is 0 Å². The van der Waals surface area contributed by atoms with Gasteiger partial charge in [0.15, 0.2) is 0 Å². The zero-order chi connectivity index (χ0) is 8.55. The lowest BCUT2D eigenvalue weighted by atomic mass is 9.94. The molecular weight excluding hydrogens is 172 g/mol. The van der Waals surface area contributed by atoms with Gasteiger partial charge in [0.05, 0.1) is 5.57 Å². The highest BCUT2D eigenvalue weighted by atomic mass is 32.2. The Balaban J connectivity index is 2.38. The maximum absolute atomic E-state index is 10.8. The van der Waals surface area contributed by atoms with Crippen LogP contribution in [0.4, 0.5) is 0 Å². The zero-order valence-electron chi connectivity index (χ0n) is 6.62. The van der Waals surface area contributed by atoms with Crippen molar-refractivity contribution in [3.8, 4) is 0 Å². The largest absolute Gasteiger partial charge is 0.478 e. The minimum absolute atomic E-state index is 0.506. The third kappa shape index (κ3) is 1.18. The fraction of sp³-hybridized carbons (Fsp3) is 0.444. The topological polar surface area (TPSA) is 37.3 Å². The summed E-state index contributed by atoms with van der Waals surface area (Å²) in [6.07, 6.45) is 5.89. The van der Waals surface area contributed by atoms with E-state index in [0.717, 1.165) is 23.5 Å². The molecule has 0 aromatic heterocycles. The number of rotatable bonds is 1. The van der Waals surface area contributed by atoms with Crippen molar-refractivity contribution in [1.29, 1.82) is 0 Å². The van der Waals surface area contributed by atoms with Crippen LogP contribution in [-0.2, 0) is 4.79 Å². The second-order valence-electron chi connectivity index (χ2n) is 3.06. The molecule has 1 unspecified atom stereocenters. The van der Waals surface area contributed by atoms with Gasteiger partial charge in [-0.1, -0.05) is 12.2 Å². The predicted octanol–water partition coefficient (Wildman–Crippen LogP) is 2.04. The summed E-state index contributed by atoms with van der Waals surface area (Å²) in [6.45, 7) is 0. The minimum atomic E-state index is -0.777. The Morgan fingerprint density at radius 3 is 3.25 bits per heavy atom. The van der Waals surface area contributed by atoms with E-state index in [9.17, 15) is 4.79 Å². The monoisotopic (exact) mass is 182 g/mol. The summed E-state index contributed by atoms with van der Waals surface area (Å²) in [5, 5.41) is 8.86. The second-order valence-corrected chi connectivity index (χ2v) is 4.19. The van der Waals surface area contributed by atoms with Crippen LogP contribution in [0, 0.1) is 5.92 Å². The molecule has 0 spiro atoms. The van der Waals surface area contributed by atoms with Crippen molar-refractivity contribution >= 4 is 17.7 Å². The van der Waals surface area contributed by atoms with Crippen molar-refractivity contribution in [3.05, 3.63) is 22.6 Å². The van der Waals surface area contributed by atoms with E-state index in [1.807, 2.05) is 6.08 Å². The molecule has 1 N–H and O–H groups in total. The van der Waals surface area contributed by atoms with Gasteiger partial charge in [-0.3, -0.25) is 0 Å². The fourth-order valence-corrected chi connectivity index (χ4v) is 3.07. The molecule has 1 heterocycles. The van der Waals surface area contributed by atoms with Crippen molar-refractivity contribution in [2.75, 3.05) is 5.75 Å². The van der Waals surface area contributed by atoms with E-state index in [1.165, 1.54) is 0 Å². The minimum Gasteiger partial charge on any atom is -0.478 e. The summed E-state index contributed by atoms with van der Waals surface area (Å²) in [5.41, 5.74) is 0.522. The number of fused-ring (bicyclic) bond motifs is 1. The van der Waals surface area contributed by atoms with E-state index in [4.69, 9.17) is 5.11 Å². The van der Waals surface area contributed by atoms with Gasteiger partial charge < -0.3 is 5.11 Å². The molecule has 1 saturated heterocycles. The molecule has 0 amide bonds. The molecule has 2 aliphatic rings. The number of aliphatic carboxylic acids is 1. The molecule has 64 valence electrons. The molecular formula is C9H10O2S. The molecule has 0 aromatic carbocycles. The summed E-state index contributed by atoms with van der Waals surface area (Å²) in [6, 6.07) is 0. The Kier molecular flexibility index (Phi) is 1.97. The van der Waals surface area contributed by atoms with Crippen molar-refractivity contribution in [2.45, 2.75) is 12.8 Å². The third-order valence-electron chi connectivity index (χ3n) is 2.30. The summed E-state index contributed by atoms with van der Waals surface area (Å²) in [7, 11) is 0. The number of hydrogen-bond acceptors (Lipinski definition) is 2. The standard InChI is InChI=1S/C9H10O2S/c10-9(11)7-3-1-2-6-4-5-12-8(6)7/h1,3,6H,2,4-5H2,(H,10,11). The van der Waals surface area contributed by atoms with Crippen LogP contribution in [0.2, 0.25) is 0 Å². The Morgan fingerprint density at radius 2 is 2.50 bits per heavy atom. The molecule has 1 atom stereocenters. The van der Waals surface area contributed by atoms with Crippen LogP contribution in [0.15, 0.2) is 22.6 Å². The fourth-order valence-electron chi connectivity index (χ4n) is 1.69. The van der Waals surface area contributed by atoms with E-state index in [1.54, 1.807) is 17.8 Å². The molecule has 1 aliphatic heterocycles. The van der Waals surface area contributed by atoms with E-state index in [-0.39, 0.29) is 0 Å². The highest BCUT2D eigenvalue weighted by molar-refractivity contribution is 8.03. The van der Waals surface area contributed by atoms with Crippen molar-refractivity contribution < 1.29 is 9.90 Å². The smallest absolute Gasteiger partial charge is 0.336 e. The van der Waals surface area contributed by atoms with Crippen LogP contribution >= 0.6 is 11.8 Å². The molecule has 1 aliphatic carbocycles. The van der Waals surface area contributed by atoms with Gasteiger partial charge in [-0.25, -0.2) is 4.79 Å². The van der Waals surface area contributed by atoms with E-state index < -0.39 is 5.97 Å². The summed E-state index contributed by atoms with van der Waals surface area (Å²) in [5.74, 6) is 0.810. The number of hydrogen-bond donors (Lipinski definition) is 1. The summed E-state index contributed by atoms with van der Waals surface area (Å²) >= 11 is 1.71. The van der Waals surface area contributed by atoms with Gasteiger partial charge >= 0.3 is 5.97 Å². The molecule has 2 nitrogen and oxygen atoms in total. The van der Waals surface area contributed by atoms with Gasteiger partial charge in [0, 0.05) is 4.91 Å². The van der Waals surface area contributed by atoms with E-state index >= 15 is 0 Å². The Labute approximate surface area is 75.3 Å². The third-order valence-corrected chi connectivity index (χ3v) is 3.60. The molecule has 1 fully saturated rings. The van der Waals surface area contributed by atoms with Gasteiger partial charge in [-0.15, -0.1) is 11.8 Å². The molecule has 0 bridgehead atoms. The maximum Gasteiger partial charge on any atom is 0.336 e. The van der Waals surface area contributed by atoms with E-state index in [0.29, 0.717) is 11.5 Å².